The van der Waals surface area contributed by atoms with Crippen LogP contribution in [0.5, 0.6) is 5.75 Å². The number of nitrogens with zero attached hydrogens (tertiary/aromatic N) is 1. The van der Waals surface area contributed by atoms with Gasteiger partial charge in [0.15, 0.2) is 6.61 Å². The second-order valence-electron chi connectivity index (χ2n) is 9.05. The molecule has 0 radical (unpaired) electrons. The summed E-state index contributed by atoms with van der Waals surface area (Å²) >= 11 is 15.9. The third-order valence-electron chi connectivity index (χ3n) is 5.79. The molecule has 3 aromatic carbocycles. The van der Waals surface area contributed by atoms with E-state index in [9.17, 15) is 9.59 Å². The zero-order valence-electron chi connectivity index (χ0n) is 21.1. The first-order valence-corrected chi connectivity index (χ1v) is 13.7. The molecule has 196 valence electrons. The SMILES string of the molecule is CCc1ccc(OCC(=O)N(Cc2ccc(Cl)c(Cl)c2)[C@@H](Cc2ccccc2)C(=O)NC(C)C)c(Br)c1. The molecule has 8 heteroatoms. The Labute approximate surface area is 237 Å². The summed E-state index contributed by atoms with van der Waals surface area (Å²) in [6.07, 6.45) is 1.24. The molecular formula is C29H31BrCl2N2O3. The molecule has 5 nitrogen and oxygen atoms in total. The van der Waals surface area contributed by atoms with E-state index in [1.165, 1.54) is 0 Å². The molecule has 0 fully saturated rings. The lowest BCUT2D eigenvalue weighted by atomic mass is 10.0. The van der Waals surface area contributed by atoms with Crippen molar-refractivity contribution in [3.05, 3.63) is 97.9 Å². The van der Waals surface area contributed by atoms with E-state index < -0.39 is 6.04 Å². The third kappa shape index (κ3) is 8.49. The van der Waals surface area contributed by atoms with Gasteiger partial charge < -0.3 is 15.0 Å². The Morgan fingerprint density at radius 1 is 0.946 bits per heavy atom. The number of nitrogens with one attached hydrogen (secondary N) is 1. The molecule has 1 atom stereocenters. The van der Waals surface area contributed by atoms with Crippen molar-refractivity contribution in [3.8, 4) is 5.75 Å². The lowest BCUT2D eigenvalue weighted by Gasteiger charge is -2.32. The van der Waals surface area contributed by atoms with E-state index in [0.717, 1.165) is 27.6 Å². The van der Waals surface area contributed by atoms with Gasteiger partial charge in [0.25, 0.3) is 5.91 Å². The highest BCUT2D eigenvalue weighted by atomic mass is 79.9. The van der Waals surface area contributed by atoms with Crippen molar-refractivity contribution in [2.45, 2.75) is 52.2 Å². The van der Waals surface area contributed by atoms with Gasteiger partial charge in [-0.15, -0.1) is 0 Å². The molecule has 3 rings (SSSR count). The molecule has 0 aromatic heterocycles. The summed E-state index contributed by atoms with van der Waals surface area (Å²) in [6.45, 7) is 5.79. The van der Waals surface area contributed by atoms with E-state index in [4.69, 9.17) is 27.9 Å². The van der Waals surface area contributed by atoms with E-state index in [1.807, 2.05) is 62.4 Å². The predicted octanol–water partition coefficient (Wildman–Crippen LogP) is 6.86. The maximum absolute atomic E-state index is 13.7. The molecular weight excluding hydrogens is 575 g/mol. The standard InChI is InChI=1S/C29H31BrCl2N2O3/c1-4-20-11-13-27(23(30)14-20)37-18-28(35)34(17-22-10-12-24(31)25(32)15-22)26(29(36)33-19(2)3)16-21-8-6-5-7-9-21/h5-15,19,26H,4,16-18H2,1-3H3,(H,33,36)/t26-/m0/s1. The quantitative estimate of drug-likeness (QED) is 0.260. The second kappa shape index (κ2) is 13.8. The number of carbonyl (C=O) groups excluding carboxylic acids is 2. The summed E-state index contributed by atoms with van der Waals surface area (Å²) in [6, 6.07) is 19.8. The summed E-state index contributed by atoms with van der Waals surface area (Å²) in [5.74, 6) is 0.00407. The topological polar surface area (TPSA) is 58.6 Å². The summed E-state index contributed by atoms with van der Waals surface area (Å²) in [7, 11) is 0. The number of halogens is 3. The number of hydrogen-bond acceptors (Lipinski definition) is 3. The Hall–Kier alpha value is -2.54. The Bertz CT molecular complexity index is 1220. The zero-order valence-corrected chi connectivity index (χ0v) is 24.2. The van der Waals surface area contributed by atoms with Crippen molar-refractivity contribution >= 4 is 50.9 Å². The summed E-state index contributed by atoms with van der Waals surface area (Å²) in [5.41, 5.74) is 2.85. The number of hydrogen-bond donors (Lipinski definition) is 1. The van der Waals surface area contributed by atoms with Crippen LogP contribution < -0.4 is 10.1 Å². The zero-order chi connectivity index (χ0) is 26.9. The molecule has 0 unspecified atom stereocenters. The van der Waals surface area contributed by atoms with E-state index in [-0.39, 0.29) is 31.0 Å². The van der Waals surface area contributed by atoms with E-state index >= 15 is 0 Å². The first-order chi connectivity index (χ1) is 17.7. The molecule has 0 aliphatic rings. The van der Waals surface area contributed by atoms with Crippen LogP contribution in [0.15, 0.2) is 71.2 Å². The van der Waals surface area contributed by atoms with Crippen LogP contribution in [0.1, 0.15) is 37.5 Å². The average molecular weight is 606 g/mol. The van der Waals surface area contributed by atoms with E-state index in [1.54, 1.807) is 23.1 Å². The lowest BCUT2D eigenvalue weighted by molar-refractivity contribution is -0.143. The number of rotatable bonds is 11. The van der Waals surface area contributed by atoms with Crippen LogP contribution in [0, 0.1) is 0 Å². The molecule has 0 heterocycles. The molecule has 0 aliphatic heterocycles. The second-order valence-corrected chi connectivity index (χ2v) is 10.7. The Morgan fingerprint density at radius 2 is 1.65 bits per heavy atom. The van der Waals surface area contributed by atoms with Crippen molar-refractivity contribution in [1.82, 2.24) is 10.2 Å². The highest BCUT2D eigenvalue weighted by molar-refractivity contribution is 9.10. The lowest BCUT2D eigenvalue weighted by Crippen LogP contribution is -2.52. The van der Waals surface area contributed by atoms with Crippen LogP contribution in [0.3, 0.4) is 0 Å². The van der Waals surface area contributed by atoms with Crippen molar-refractivity contribution in [3.63, 3.8) is 0 Å². The van der Waals surface area contributed by atoms with Crippen LogP contribution in [0.4, 0.5) is 0 Å². The predicted molar refractivity (Wildman–Crippen MR) is 153 cm³/mol. The van der Waals surface area contributed by atoms with Gasteiger partial charge in [0.2, 0.25) is 5.91 Å². The molecule has 0 bridgehead atoms. The summed E-state index contributed by atoms with van der Waals surface area (Å²) in [4.78, 5) is 28.6. The molecule has 0 saturated carbocycles. The fourth-order valence-electron chi connectivity index (χ4n) is 3.87. The Balaban J connectivity index is 1.93. The van der Waals surface area contributed by atoms with E-state index in [0.29, 0.717) is 22.2 Å². The number of amides is 2. The van der Waals surface area contributed by atoms with Gasteiger partial charge in [0.05, 0.1) is 14.5 Å². The minimum atomic E-state index is -0.763. The van der Waals surface area contributed by atoms with Gasteiger partial charge in [-0.1, -0.05) is 72.6 Å². The van der Waals surface area contributed by atoms with Crippen LogP contribution in [-0.2, 0) is 29.0 Å². The number of aryl methyl sites for hydroxylation is 1. The van der Waals surface area contributed by atoms with Crippen molar-refractivity contribution < 1.29 is 14.3 Å². The van der Waals surface area contributed by atoms with Gasteiger partial charge in [-0.25, -0.2) is 0 Å². The fourth-order valence-corrected chi connectivity index (χ4v) is 4.73. The maximum Gasteiger partial charge on any atom is 0.261 e. The van der Waals surface area contributed by atoms with Crippen molar-refractivity contribution in [2.75, 3.05) is 6.61 Å². The van der Waals surface area contributed by atoms with Crippen LogP contribution >= 0.6 is 39.1 Å². The fraction of sp³-hybridized carbons (Fsp3) is 0.310. The maximum atomic E-state index is 13.7. The van der Waals surface area contributed by atoms with Gasteiger partial charge in [-0.05, 0) is 77.2 Å². The van der Waals surface area contributed by atoms with Crippen LogP contribution in [0.2, 0.25) is 10.0 Å². The Morgan fingerprint density at radius 3 is 2.27 bits per heavy atom. The molecule has 37 heavy (non-hydrogen) atoms. The summed E-state index contributed by atoms with van der Waals surface area (Å²) in [5, 5.41) is 3.78. The van der Waals surface area contributed by atoms with Gasteiger partial charge in [0.1, 0.15) is 11.8 Å². The smallest absolute Gasteiger partial charge is 0.261 e. The number of ether oxygens (including phenoxy) is 1. The molecule has 0 saturated heterocycles. The molecule has 3 aromatic rings. The van der Waals surface area contributed by atoms with Gasteiger partial charge >= 0.3 is 0 Å². The van der Waals surface area contributed by atoms with E-state index in [2.05, 4.69) is 28.2 Å². The third-order valence-corrected chi connectivity index (χ3v) is 7.15. The molecule has 0 aliphatic carbocycles. The number of carbonyl (C=O) groups is 2. The van der Waals surface area contributed by atoms with Gasteiger partial charge in [-0.2, -0.15) is 0 Å². The normalized spacial score (nSPS) is 11.8. The molecule has 2 amide bonds. The molecule has 1 N–H and O–H groups in total. The number of benzene rings is 3. The highest BCUT2D eigenvalue weighted by Crippen LogP contribution is 2.27. The summed E-state index contributed by atoms with van der Waals surface area (Å²) < 4.78 is 6.68. The largest absolute Gasteiger partial charge is 0.483 e. The van der Waals surface area contributed by atoms with Crippen LogP contribution in [-0.4, -0.2) is 35.4 Å². The van der Waals surface area contributed by atoms with Crippen LogP contribution in [0.25, 0.3) is 0 Å². The van der Waals surface area contributed by atoms with Gasteiger partial charge in [0, 0.05) is 19.0 Å². The minimum Gasteiger partial charge on any atom is -0.483 e. The van der Waals surface area contributed by atoms with Crippen molar-refractivity contribution in [2.24, 2.45) is 0 Å². The minimum absolute atomic E-state index is 0.0861. The Kier molecular flexibility index (Phi) is 10.9. The van der Waals surface area contributed by atoms with Crippen molar-refractivity contribution in [1.29, 1.82) is 0 Å². The molecule has 0 spiro atoms. The first-order valence-electron chi connectivity index (χ1n) is 12.2. The van der Waals surface area contributed by atoms with Gasteiger partial charge in [-0.3, -0.25) is 9.59 Å². The highest BCUT2D eigenvalue weighted by Gasteiger charge is 2.31. The monoisotopic (exact) mass is 604 g/mol. The first kappa shape index (κ1) is 29.0. The average Bonchev–Trinajstić information content (AvgIpc) is 2.87.